The first kappa shape index (κ1) is 15.4. The zero-order valence-electron chi connectivity index (χ0n) is 12.1. The van der Waals surface area contributed by atoms with E-state index in [0.717, 1.165) is 18.4 Å². The van der Waals surface area contributed by atoms with Crippen molar-refractivity contribution in [2.24, 2.45) is 0 Å². The van der Waals surface area contributed by atoms with Gasteiger partial charge in [0.15, 0.2) is 0 Å². The van der Waals surface area contributed by atoms with Crippen molar-refractivity contribution in [2.75, 3.05) is 19.4 Å². The molecule has 1 N–H and O–H groups in total. The summed E-state index contributed by atoms with van der Waals surface area (Å²) in [6.45, 7) is 5.05. The molecule has 0 aliphatic rings. The zero-order valence-corrected chi connectivity index (χ0v) is 12.1. The summed E-state index contributed by atoms with van der Waals surface area (Å²) in [5.41, 5.74) is 1.71. The lowest BCUT2D eigenvalue weighted by Crippen LogP contribution is -2.28. The molecule has 0 bridgehead atoms. The molecule has 0 fully saturated rings. The summed E-state index contributed by atoms with van der Waals surface area (Å²) in [6.07, 6.45) is 2.26. The number of nitro groups is 1. The molecule has 0 heterocycles. The predicted octanol–water partition coefficient (Wildman–Crippen LogP) is 3.26. The Labute approximate surface area is 114 Å². The van der Waals surface area contributed by atoms with E-state index in [2.05, 4.69) is 31.1 Å². The average Bonchev–Trinajstić information content (AvgIpc) is 2.38. The first-order valence-electron chi connectivity index (χ1n) is 6.65. The molecule has 0 radical (unpaired) electrons. The van der Waals surface area contributed by atoms with Gasteiger partial charge in [0.05, 0.1) is 4.92 Å². The Balaban J connectivity index is 2.95. The number of rotatable bonds is 7. The van der Waals surface area contributed by atoms with Crippen molar-refractivity contribution in [2.45, 2.75) is 39.3 Å². The molecule has 0 aliphatic carbocycles. The molecule has 5 nitrogen and oxygen atoms in total. The molecule has 0 spiro atoms. The summed E-state index contributed by atoms with van der Waals surface area (Å²) in [6, 6.07) is 5.68. The minimum atomic E-state index is -0.342. The summed E-state index contributed by atoms with van der Waals surface area (Å²) < 4.78 is 0. The Kier molecular flexibility index (Phi) is 5.76. The molecule has 0 aliphatic heterocycles. The Morgan fingerprint density at radius 3 is 2.68 bits per heavy atom. The number of nitro benzene ring substituents is 1. The van der Waals surface area contributed by atoms with Crippen LogP contribution in [0.2, 0.25) is 0 Å². The highest BCUT2D eigenvalue weighted by Crippen LogP contribution is 2.28. The SMILES string of the molecule is CCCC(C)N(C)Cc1cccc([N+](=O)[O-])c1NC. The largest absolute Gasteiger partial charge is 0.382 e. The monoisotopic (exact) mass is 265 g/mol. The lowest BCUT2D eigenvalue weighted by Gasteiger charge is -2.25. The molecule has 1 rings (SSSR count). The summed E-state index contributed by atoms with van der Waals surface area (Å²) >= 11 is 0. The van der Waals surface area contributed by atoms with Crippen LogP contribution in [0.25, 0.3) is 0 Å². The van der Waals surface area contributed by atoms with Crippen molar-refractivity contribution in [3.63, 3.8) is 0 Å². The standard InChI is InChI=1S/C14H23N3O2/c1-5-7-11(2)16(4)10-12-8-6-9-13(17(18)19)14(12)15-3/h6,8-9,11,15H,5,7,10H2,1-4H3. The molecule has 5 heteroatoms. The Morgan fingerprint density at radius 2 is 2.16 bits per heavy atom. The summed E-state index contributed by atoms with van der Waals surface area (Å²) in [4.78, 5) is 12.9. The van der Waals surface area contributed by atoms with Crippen LogP contribution in [0.5, 0.6) is 0 Å². The molecule has 1 aromatic rings. The minimum Gasteiger partial charge on any atom is -0.382 e. The van der Waals surface area contributed by atoms with E-state index in [1.807, 2.05) is 6.07 Å². The normalized spacial score (nSPS) is 12.5. The van der Waals surface area contributed by atoms with Gasteiger partial charge in [0.2, 0.25) is 0 Å². The molecule has 0 aromatic heterocycles. The van der Waals surface area contributed by atoms with Gasteiger partial charge < -0.3 is 5.32 Å². The number of nitrogens with one attached hydrogen (secondary N) is 1. The van der Waals surface area contributed by atoms with Crippen LogP contribution in [-0.2, 0) is 6.54 Å². The second-order valence-corrected chi connectivity index (χ2v) is 4.87. The van der Waals surface area contributed by atoms with E-state index in [9.17, 15) is 10.1 Å². The van der Waals surface area contributed by atoms with Gasteiger partial charge in [-0.15, -0.1) is 0 Å². The van der Waals surface area contributed by atoms with Gasteiger partial charge in [0.1, 0.15) is 5.69 Å². The van der Waals surface area contributed by atoms with Gasteiger partial charge >= 0.3 is 0 Å². The highest BCUT2D eigenvalue weighted by Gasteiger charge is 2.18. The van der Waals surface area contributed by atoms with Crippen molar-refractivity contribution in [3.8, 4) is 0 Å². The van der Waals surface area contributed by atoms with E-state index in [-0.39, 0.29) is 10.6 Å². The Hall–Kier alpha value is -1.62. The van der Waals surface area contributed by atoms with Gasteiger partial charge in [-0.2, -0.15) is 0 Å². The van der Waals surface area contributed by atoms with E-state index in [4.69, 9.17) is 0 Å². The van der Waals surface area contributed by atoms with Gasteiger partial charge in [-0.3, -0.25) is 15.0 Å². The number of benzene rings is 1. The summed E-state index contributed by atoms with van der Waals surface area (Å²) in [5.74, 6) is 0. The quantitative estimate of drug-likeness (QED) is 0.607. The molecule has 0 saturated carbocycles. The summed E-state index contributed by atoms with van der Waals surface area (Å²) in [7, 11) is 3.78. The highest BCUT2D eigenvalue weighted by atomic mass is 16.6. The number of anilines is 1. The maximum absolute atomic E-state index is 11.0. The van der Waals surface area contributed by atoms with Crippen LogP contribution in [0.3, 0.4) is 0 Å². The number of hydrogen-bond acceptors (Lipinski definition) is 4. The third-order valence-electron chi connectivity index (χ3n) is 3.45. The second-order valence-electron chi connectivity index (χ2n) is 4.87. The van der Waals surface area contributed by atoms with Crippen LogP contribution < -0.4 is 5.32 Å². The van der Waals surface area contributed by atoms with Crippen molar-refractivity contribution in [1.29, 1.82) is 0 Å². The van der Waals surface area contributed by atoms with Crippen LogP contribution in [0, 0.1) is 10.1 Å². The highest BCUT2D eigenvalue weighted by molar-refractivity contribution is 5.66. The van der Waals surface area contributed by atoms with E-state index in [1.54, 1.807) is 13.1 Å². The van der Waals surface area contributed by atoms with Gasteiger partial charge in [-0.05, 0) is 26.0 Å². The van der Waals surface area contributed by atoms with Crippen molar-refractivity contribution in [3.05, 3.63) is 33.9 Å². The summed E-state index contributed by atoms with van der Waals surface area (Å²) in [5, 5.41) is 14.0. The lowest BCUT2D eigenvalue weighted by molar-refractivity contribution is -0.384. The molecular formula is C14H23N3O2. The maximum atomic E-state index is 11.0. The average molecular weight is 265 g/mol. The number of para-hydroxylation sites is 1. The Bertz CT molecular complexity index is 435. The van der Waals surface area contributed by atoms with Crippen LogP contribution >= 0.6 is 0 Å². The van der Waals surface area contributed by atoms with E-state index >= 15 is 0 Å². The van der Waals surface area contributed by atoms with Crippen LogP contribution in [0.1, 0.15) is 32.3 Å². The van der Waals surface area contributed by atoms with E-state index in [1.165, 1.54) is 6.07 Å². The first-order valence-corrected chi connectivity index (χ1v) is 6.65. The van der Waals surface area contributed by atoms with Crippen LogP contribution in [0.15, 0.2) is 18.2 Å². The topological polar surface area (TPSA) is 58.4 Å². The molecule has 0 amide bonds. The van der Waals surface area contributed by atoms with E-state index < -0.39 is 0 Å². The number of hydrogen-bond donors (Lipinski definition) is 1. The van der Waals surface area contributed by atoms with Crippen LogP contribution in [-0.4, -0.2) is 30.0 Å². The number of nitrogens with zero attached hydrogens (tertiary/aromatic N) is 2. The van der Waals surface area contributed by atoms with Gasteiger partial charge in [-0.25, -0.2) is 0 Å². The fourth-order valence-corrected chi connectivity index (χ4v) is 2.22. The van der Waals surface area contributed by atoms with E-state index in [0.29, 0.717) is 18.3 Å². The fraction of sp³-hybridized carbons (Fsp3) is 0.571. The Morgan fingerprint density at radius 1 is 1.47 bits per heavy atom. The van der Waals surface area contributed by atoms with Crippen LogP contribution in [0.4, 0.5) is 11.4 Å². The molecule has 1 unspecified atom stereocenters. The molecule has 0 saturated heterocycles. The smallest absolute Gasteiger partial charge is 0.292 e. The maximum Gasteiger partial charge on any atom is 0.292 e. The third kappa shape index (κ3) is 3.92. The third-order valence-corrected chi connectivity index (χ3v) is 3.45. The molecule has 106 valence electrons. The fourth-order valence-electron chi connectivity index (χ4n) is 2.22. The zero-order chi connectivity index (χ0) is 14.4. The van der Waals surface area contributed by atoms with Gasteiger partial charge in [0.25, 0.3) is 5.69 Å². The van der Waals surface area contributed by atoms with Gasteiger partial charge in [0, 0.05) is 25.7 Å². The molecule has 19 heavy (non-hydrogen) atoms. The first-order chi connectivity index (χ1) is 9.01. The minimum absolute atomic E-state index is 0.136. The molecular weight excluding hydrogens is 242 g/mol. The molecule has 1 atom stereocenters. The van der Waals surface area contributed by atoms with Crippen molar-refractivity contribution in [1.82, 2.24) is 4.90 Å². The predicted molar refractivity (Wildman–Crippen MR) is 78.5 cm³/mol. The van der Waals surface area contributed by atoms with Crippen molar-refractivity contribution >= 4 is 11.4 Å². The van der Waals surface area contributed by atoms with Gasteiger partial charge in [-0.1, -0.05) is 25.5 Å². The van der Waals surface area contributed by atoms with Crippen molar-refractivity contribution < 1.29 is 4.92 Å². The lowest BCUT2D eigenvalue weighted by atomic mass is 10.1. The second kappa shape index (κ2) is 7.09. The molecule has 1 aromatic carbocycles.